The first-order valence-corrected chi connectivity index (χ1v) is 12.3. The molecule has 8 nitrogen and oxygen atoms in total. The number of fused-ring (bicyclic) bond motifs is 1. The highest BCUT2D eigenvalue weighted by atomic mass is 35.5. The van der Waals surface area contributed by atoms with Crippen LogP contribution in [0.5, 0.6) is 0 Å². The van der Waals surface area contributed by atoms with Gasteiger partial charge in [-0.2, -0.15) is 0 Å². The Morgan fingerprint density at radius 1 is 1.03 bits per heavy atom. The number of amides is 2. The fourth-order valence-electron chi connectivity index (χ4n) is 4.56. The van der Waals surface area contributed by atoms with Gasteiger partial charge in [-0.05, 0) is 30.9 Å². The summed E-state index contributed by atoms with van der Waals surface area (Å²) in [4.78, 5) is 30.2. The molecule has 0 radical (unpaired) electrons. The standard InChI is InChI=1S/C24H33ClN6O2/c1-17(2)22(26-23(32)18-8-5-6-9-19(18)25)24(33)30-14-12-29(13-15-30)16-21-28-27-20-10-4-3-7-11-31(20)21/h5-6,8-9,17,22H,3-4,7,10-16H2,1-2H3,(H,26,32). The Labute approximate surface area is 200 Å². The molecular formula is C24H33ClN6O2. The van der Waals surface area contributed by atoms with E-state index in [0.29, 0.717) is 23.7 Å². The summed E-state index contributed by atoms with van der Waals surface area (Å²) < 4.78 is 2.28. The van der Waals surface area contributed by atoms with Crippen LogP contribution in [0.25, 0.3) is 0 Å². The SMILES string of the molecule is CC(C)C(NC(=O)c1ccccc1Cl)C(=O)N1CCN(Cc2nnc3n2CCCCC3)CC1. The minimum Gasteiger partial charge on any atom is -0.340 e. The van der Waals surface area contributed by atoms with Crippen LogP contribution in [0, 0.1) is 5.92 Å². The number of carbonyl (C=O) groups excluding carboxylic acids is 2. The second-order valence-corrected chi connectivity index (χ2v) is 9.68. The van der Waals surface area contributed by atoms with Gasteiger partial charge in [0, 0.05) is 39.1 Å². The molecule has 0 aliphatic carbocycles. The Bertz CT molecular complexity index is 983. The molecule has 1 unspecified atom stereocenters. The molecule has 2 aromatic rings. The molecule has 0 spiro atoms. The highest BCUT2D eigenvalue weighted by Gasteiger charge is 2.31. The molecule has 1 aromatic heterocycles. The van der Waals surface area contributed by atoms with Crippen LogP contribution in [0.4, 0.5) is 0 Å². The number of nitrogens with one attached hydrogen (secondary N) is 1. The van der Waals surface area contributed by atoms with Gasteiger partial charge in [0.05, 0.1) is 17.1 Å². The van der Waals surface area contributed by atoms with Crippen LogP contribution in [0.3, 0.4) is 0 Å². The van der Waals surface area contributed by atoms with E-state index in [1.165, 1.54) is 19.3 Å². The summed E-state index contributed by atoms with van der Waals surface area (Å²) in [7, 11) is 0. The van der Waals surface area contributed by atoms with Gasteiger partial charge in [0.1, 0.15) is 17.7 Å². The van der Waals surface area contributed by atoms with E-state index in [0.717, 1.165) is 44.2 Å². The van der Waals surface area contributed by atoms with Gasteiger partial charge in [-0.3, -0.25) is 14.5 Å². The summed E-state index contributed by atoms with van der Waals surface area (Å²) in [5.41, 5.74) is 0.384. The molecule has 1 fully saturated rings. The number of aryl methyl sites for hydroxylation is 1. The van der Waals surface area contributed by atoms with Crippen molar-refractivity contribution in [2.24, 2.45) is 5.92 Å². The number of hydrogen-bond donors (Lipinski definition) is 1. The van der Waals surface area contributed by atoms with Gasteiger partial charge in [-0.15, -0.1) is 10.2 Å². The first-order chi connectivity index (χ1) is 15.9. The Balaban J connectivity index is 1.34. The number of hydrogen-bond acceptors (Lipinski definition) is 5. The van der Waals surface area contributed by atoms with Crippen LogP contribution in [0.15, 0.2) is 24.3 Å². The summed E-state index contributed by atoms with van der Waals surface area (Å²) in [5.74, 6) is 1.73. The maximum absolute atomic E-state index is 13.3. The molecule has 178 valence electrons. The van der Waals surface area contributed by atoms with Crippen LogP contribution in [-0.4, -0.2) is 68.6 Å². The van der Waals surface area contributed by atoms with Crippen molar-refractivity contribution in [1.29, 1.82) is 0 Å². The fourth-order valence-corrected chi connectivity index (χ4v) is 4.78. The van der Waals surface area contributed by atoms with E-state index in [4.69, 9.17) is 11.6 Å². The average molecular weight is 473 g/mol. The van der Waals surface area contributed by atoms with Gasteiger partial charge in [-0.25, -0.2) is 0 Å². The third-order valence-electron chi connectivity index (χ3n) is 6.57. The van der Waals surface area contributed by atoms with E-state index in [9.17, 15) is 9.59 Å². The van der Waals surface area contributed by atoms with E-state index < -0.39 is 6.04 Å². The van der Waals surface area contributed by atoms with Crippen molar-refractivity contribution < 1.29 is 9.59 Å². The molecule has 4 rings (SSSR count). The number of carbonyl (C=O) groups is 2. The van der Waals surface area contributed by atoms with E-state index in [-0.39, 0.29) is 17.7 Å². The van der Waals surface area contributed by atoms with E-state index in [1.807, 2.05) is 18.7 Å². The van der Waals surface area contributed by atoms with Crippen molar-refractivity contribution in [2.75, 3.05) is 26.2 Å². The lowest BCUT2D eigenvalue weighted by atomic mass is 10.0. The molecule has 1 N–H and O–H groups in total. The molecule has 2 aliphatic heterocycles. The largest absolute Gasteiger partial charge is 0.340 e. The van der Waals surface area contributed by atoms with Gasteiger partial charge in [-0.1, -0.05) is 44.0 Å². The average Bonchev–Trinajstić information content (AvgIpc) is 3.02. The van der Waals surface area contributed by atoms with Gasteiger partial charge in [0.2, 0.25) is 5.91 Å². The summed E-state index contributed by atoms with van der Waals surface area (Å²) >= 11 is 6.17. The summed E-state index contributed by atoms with van der Waals surface area (Å²) in [6, 6.07) is 6.30. The molecule has 33 heavy (non-hydrogen) atoms. The lowest BCUT2D eigenvalue weighted by Gasteiger charge is -2.37. The number of rotatable bonds is 6. The molecule has 1 saturated heterocycles. The molecule has 3 heterocycles. The van der Waals surface area contributed by atoms with Crippen LogP contribution < -0.4 is 5.32 Å². The fraction of sp³-hybridized carbons (Fsp3) is 0.583. The number of benzene rings is 1. The van der Waals surface area contributed by atoms with Gasteiger partial charge in [0.25, 0.3) is 5.91 Å². The lowest BCUT2D eigenvalue weighted by molar-refractivity contribution is -0.136. The molecular weight excluding hydrogens is 440 g/mol. The predicted molar refractivity (Wildman–Crippen MR) is 127 cm³/mol. The molecule has 0 saturated carbocycles. The monoisotopic (exact) mass is 472 g/mol. The highest BCUT2D eigenvalue weighted by molar-refractivity contribution is 6.33. The Kier molecular flexibility index (Phi) is 7.65. The van der Waals surface area contributed by atoms with Crippen molar-refractivity contribution >= 4 is 23.4 Å². The minimum atomic E-state index is -0.590. The van der Waals surface area contributed by atoms with Crippen molar-refractivity contribution in [3.05, 3.63) is 46.5 Å². The first-order valence-electron chi connectivity index (χ1n) is 11.9. The number of nitrogens with zero attached hydrogens (tertiary/aromatic N) is 5. The second-order valence-electron chi connectivity index (χ2n) is 9.27. The van der Waals surface area contributed by atoms with Crippen LogP contribution in [0.1, 0.15) is 55.1 Å². The van der Waals surface area contributed by atoms with E-state index >= 15 is 0 Å². The lowest BCUT2D eigenvalue weighted by Crippen LogP contribution is -2.56. The van der Waals surface area contributed by atoms with Crippen molar-refractivity contribution in [3.63, 3.8) is 0 Å². The second kappa shape index (κ2) is 10.7. The van der Waals surface area contributed by atoms with Gasteiger partial charge >= 0.3 is 0 Å². The summed E-state index contributed by atoms with van der Waals surface area (Å²) in [6.45, 7) is 8.46. The maximum Gasteiger partial charge on any atom is 0.253 e. The molecule has 2 amide bonds. The third kappa shape index (κ3) is 5.55. The molecule has 1 aromatic carbocycles. The van der Waals surface area contributed by atoms with E-state index in [2.05, 4.69) is 25.0 Å². The summed E-state index contributed by atoms with van der Waals surface area (Å²) in [5, 5.41) is 12.1. The van der Waals surface area contributed by atoms with Crippen LogP contribution in [0.2, 0.25) is 5.02 Å². The normalized spacial score (nSPS) is 18.0. The number of halogens is 1. The van der Waals surface area contributed by atoms with Crippen LogP contribution in [-0.2, 0) is 24.3 Å². The smallest absolute Gasteiger partial charge is 0.253 e. The highest BCUT2D eigenvalue weighted by Crippen LogP contribution is 2.18. The molecule has 2 aliphatic rings. The maximum atomic E-state index is 13.3. The minimum absolute atomic E-state index is 0.0339. The molecule has 9 heteroatoms. The zero-order valence-corrected chi connectivity index (χ0v) is 20.2. The zero-order valence-electron chi connectivity index (χ0n) is 19.5. The van der Waals surface area contributed by atoms with Gasteiger partial charge < -0.3 is 14.8 Å². The number of piperazine rings is 1. The van der Waals surface area contributed by atoms with Crippen molar-refractivity contribution in [3.8, 4) is 0 Å². The van der Waals surface area contributed by atoms with E-state index in [1.54, 1.807) is 24.3 Å². The summed E-state index contributed by atoms with van der Waals surface area (Å²) in [6.07, 6.45) is 4.61. The first kappa shape index (κ1) is 23.7. The Hall–Kier alpha value is -2.45. The molecule has 0 bridgehead atoms. The van der Waals surface area contributed by atoms with Crippen LogP contribution >= 0.6 is 11.6 Å². The predicted octanol–water partition coefficient (Wildman–Crippen LogP) is 2.76. The third-order valence-corrected chi connectivity index (χ3v) is 6.90. The van der Waals surface area contributed by atoms with Crippen molar-refractivity contribution in [2.45, 2.75) is 58.7 Å². The topological polar surface area (TPSA) is 83.4 Å². The zero-order chi connectivity index (χ0) is 23.4. The Morgan fingerprint density at radius 2 is 1.79 bits per heavy atom. The van der Waals surface area contributed by atoms with Crippen molar-refractivity contribution in [1.82, 2.24) is 29.9 Å². The molecule has 1 atom stereocenters. The Morgan fingerprint density at radius 3 is 2.52 bits per heavy atom. The van der Waals surface area contributed by atoms with Gasteiger partial charge in [0.15, 0.2) is 0 Å². The number of aromatic nitrogens is 3. The quantitative estimate of drug-likeness (QED) is 0.699.